The summed E-state index contributed by atoms with van der Waals surface area (Å²) in [6.45, 7) is 59.0. The Morgan fingerprint density at radius 1 is 0.508 bits per heavy atom. The molecule has 9 aromatic rings. The topological polar surface area (TPSA) is 318 Å². The van der Waals surface area contributed by atoms with Crippen molar-refractivity contribution in [3.63, 3.8) is 0 Å². The third kappa shape index (κ3) is 23.2. The standard InChI is InChI=1S/C18H10N2O.C16H8N2OS.C15H12N2OS.C14H10N2O2S.C10H10N2O2S3.C9H7N3OS.6C2H6/c1-3-13-17(16(10-19)20-2)14-8-11-6-4-5-7-12(11)9-15(14)18(13)21;1-3-10-15(13(8-17)18-2)11-6-9-4-5-20-14(9)7-12(11)16(10)19;1-3-13-14(11-7-5-4-6-8-11)17-15(19-13)12(9-16)10(2)18;1-9(2)14-13(11(8-15)16-3)10-6-4-5-7-12(10)19(14,17)18;1-4-5-7(13)11(2)9(16-5)6-8(14)12(3)10(15)17-6;1-3-7-8(13)12(2)9(14-7)6(4-10)5-11;6*1-2/h3-9H,1H3;3-7H,1H3;3-8H,1-2H3;4-7H,1-2H3;4H,1-3H3;3H,1-2H3;6*1-2H3/b13-3-,17-16+;10-3-,15-13+;13-3-,15-12-;13-11-;5-4-,9-6+;7-3-;;;;;;. The molecule has 1 amide bonds. The van der Waals surface area contributed by atoms with Crippen LogP contribution in [0.5, 0.6) is 0 Å². The molecule has 2 aliphatic carbocycles. The number of amides is 1. The lowest BCUT2D eigenvalue weighted by Gasteiger charge is -2.04. The monoisotopic (exact) mass is 1760 g/mol. The highest BCUT2D eigenvalue weighted by molar-refractivity contribution is 8.30. The number of nitriles is 6. The number of ketones is 3. The number of thioether (sulfide) groups is 1. The lowest BCUT2D eigenvalue weighted by atomic mass is 9.99. The number of carbonyl (C=O) groups excluding carboxylic acids is 4. The average Bonchev–Trinajstić information content (AvgIpc) is 1.57. The highest BCUT2D eigenvalue weighted by Gasteiger charge is 2.39. The molecule has 0 atom stereocenters. The second kappa shape index (κ2) is 51.3. The van der Waals surface area contributed by atoms with E-state index < -0.39 is 9.84 Å². The number of sulfone groups is 1. The predicted molar refractivity (Wildman–Crippen MR) is 505 cm³/mol. The lowest BCUT2D eigenvalue weighted by Crippen LogP contribution is -2.30. The van der Waals surface area contributed by atoms with Crippen LogP contribution in [0, 0.1) is 87.7 Å². The van der Waals surface area contributed by atoms with Gasteiger partial charge in [0.25, 0.3) is 34.1 Å². The zero-order valence-electron chi connectivity index (χ0n) is 72.3. The zero-order valence-corrected chi connectivity index (χ0v) is 78.0. The summed E-state index contributed by atoms with van der Waals surface area (Å²) in [7, 11) is 1.23. The lowest BCUT2D eigenvalue weighted by molar-refractivity contribution is -0.119. The third-order valence-corrected chi connectivity index (χ3v) is 25.1. The Kier molecular flexibility index (Phi) is 44.1. The van der Waals surface area contributed by atoms with Crippen LogP contribution in [-0.2, 0) is 33.5 Å². The van der Waals surface area contributed by atoms with Crippen molar-refractivity contribution in [1.82, 2.24) is 19.0 Å². The van der Waals surface area contributed by atoms with Crippen LogP contribution in [0.2, 0.25) is 0 Å². The summed E-state index contributed by atoms with van der Waals surface area (Å²) in [5, 5.41) is 58.6. The van der Waals surface area contributed by atoms with Gasteiger partial charge in [-0.25, -0.2) is 43.7 Å². The molecule has 1 fully saturated rings. The summed E-state index contributed by atoms with van der Waals surface area (Å²) in [5.74, 6) is -0.619. The minimum Gasteiger partial charge on any atom is -0.301 e. The van der Waals surface area contributed by atoms with Crippen LogP contribution >= 0.6 is 69.3 Å². The molecule has 0 spiro atoms. The number of nitrogens with zero attached hydrogens (tertiary/aromatic N) is 13. The largest absolute Gasteiger partial charge is 0.301 e. The van der Waals surface area contributed by atoms with Gasteiger partial charge in [0.1, 0.15) is 47.0 Å². The third-order valence-electron chi connectivity index (χ3n) is 16.7. The summed E-state index contributed by atoms with van der Waals surface area (Å²) < 4.78 is 33.0. The van der Waals surface area contributed by atoms with Crippen molar-refractivity contribution in [2.75, 3.05) is 7.05 Å². The highest BCUT2D eigenvalue weighted by Crippen LogP contribution is 2.47. The summed E-state index contributed by atoms with van der Waals surface area (Å²) >= 11 is 11.7. The van der Waals surface area contributed by atoms with Gasteiger partial charge in [-0.05, 0) is 130 Å². The molecular weight excluding hydrogens is 1660 g/mol. The van der Waals surface area contributed by atoms with Crippen molar-refractivity contribution < 1.29 is 27.6 Å². The first-order chi connectivity index (χ1) is 58.6. The number of thiocarbonyl (C=S) groups is 1. The second-order valence-electron chi connectivity index (χ2n) is 23.3. The summed E-state index contributed by atoms with van der Waals surface area (Å²) in [4.78, 5) is 87.9. The minimum absolute atomic E-state index is 0.0253. The maximum absolute atomic E-state index is 12.5. The van der Waals surface area contributed by atoms with Gasteiger partial charge in [-0.2, -0.15) is 15.8 Å². The molecule has 21 nitrogen and oxygen atoms in total. The fourth-order valence-electron chi connectivity index (χ4n) is 11.5. The van der Waals surface area contributed by atoms with Gasteiger partial charge in [0.2, 0.25) is 9.84 Å². The first kappa shape index (κ1) is 105. The van der Waals surface area contributed by atoms with Crippen LogP contribution in [0.15, 0.2) is 180 Å². The van der Waals surface area contributed by atoms with E-state index in [0.29, 0.717) is 88.0 Å². The van der Waals surface area contributed by atoms with E-state index in [4.69, 9.17) is 63.5 Å². The molecule has 5 aromatic carbocycles. The summed E-state index contributed by atoms with van der Waals surface area (Å²) in [5.41, 5.74) is 6.97. The Morgan fingerprint density at radius 3 is 1.37 bits per heavy atom. The van der Waals surface area contributed by atoms with Gasteiger partial charge < -0.3 is 9.13 Å². The van der Waals surface area contributed by atoms with Gasteiger partial charge in [0, 0.05) is 70.4 Å². The average molecular weight is 1760 g/mol. The molecule has 0 unspecified atom stereocenters. The molecule has 1 saturated heterocycles. The van der Waals surface area contributed by atoms with E-state index in [1.54, 1.807) is 128 Å². The Hall–Kier alpha value is -13.3. The van der Waals surface area contributed by atoms with Crippen molar-refractivity contribution in [2.45, 2.75) is 143 Å². The number of Topliss-reactive ketones (excluding diaryl/α,β-unsaturated/α-hetero) is 3. The second-order valence-corrected chi connectivity index (χ2v) is 30.8. The van der Waals surface area contributed by atoms with Crippen LogP contribution in [0.3, 0.4) is 0 Å². The van der Waals surface area contributed by atoms with E-state index in [1.165, 1.54) is 61.5 Å². The minimum atomic E-state index is -3.63. The molecule has 6 heterocycles. The van der Waals surface area contributed by atoms with Crippen molar-refractivity contribution in [3.8, 4) is 47.7 Å². The molecule has 0 radical (unpaired) electrons. The van der Waals surface area contributed by atoms with Gasteiger partial charge in [-0.15, -0.1) is 45.3 Å². The number of aromatic nitrogens is 3. The van der Waals surface area contributed by atoms with E-state index in [-0.39, 0.29) is 78.0 Å². The molecule has 0 N–H and O–H groups in total. The number of thiophene rings is 1. The van der Waals surface area contributed by atoms with Crippen molar-refractivity contribution in [2.24, 2.45) is 14.1 Å². The maximum atomic E-state index is 12.5. The number of hydrogen-bond acceptors (Lipinski definition) is 21. The maximum Gasteiger partial charge on any atom is 0.270 e. The van der Waals surface area contributed by atoms with E-state index in [0.717, 1.165) is 48.0 Å². The van der Waals surface area contributed by atoms with Gasteiger partial charge in [0.05, 0.1) is 67.0 Å². The number of carbonyl (C=O) groups is 4. The SMILES string of the molecule is C/C=c1\s/c(=C(/C#N)C(C)=O)nc1-c1ccccc1.C/C=c1\s/c(=C2/SC(=S)N(C)C2=O)n(C)c1=O.C/C=c1\sc(=C(C#N)C#N)n(C)c1=O.CC.CC.CC.CC.CC.CC.[C-]#[N+]/C(C#N)=C1\C(=C(C)C)S(=O)(=O)c2ccccc21.[C-]#[N+]/C(C#N)=C1\C(=C\C)C(=O)c2cc3ccccc3cc21.[C-]#[N+]/C(C#N)=C1\C(=C\C)C(=O)c2cc3sccc3cc21. The van der Waals surface area contributed by atoms with Gasteiger partial charge in [-0.3, -0.25) is 33.7 Å². The van der Waals surface area contributed by atoms with Crippen LogP contribution in [0.1, 0.15) is 176 Å². The number of hydrogen-bond donors (Lipinski definition) is 0. The molecule has 4 aromatic heterocycles. The molecule has 2 aliphatic heterocycles. The quantitative estimate of drug-likeness (QED) is 0.0672. The van der Waals surface area contributed by atoms with E-state index in [2.05, 4.69) is 19.5 Å². The highest BCUT2D eigenvalue weighted by atomic mass is 32.2. The molecular formula is C94H93N13O8S7. The number of benzene rings is 5. The molecule has 28 heteroatoms. The van der Waals surface area contributed by atoms with E-state index in [1.807, 2.05) is 212 Å². The van der Waals surface area contributed by atoms with E-state index in [9.17, 15) is 37.2 Å². The fourth-order valence-corrected chi connectivity index (χ4v) is 18.6. The van der Waals surface area contributed by atoms with Gasteiger partial charge >= 0.3 is 0 Å². The number of fused-ring (bicyclic) bond motifs is 5. The predicted octanol–water partition coefficient (Wildman–Crippen LogP) is 18.6. The smallest absolute Gasteiger partial charge is 0.270 e. The first-order valence-corrected chi connectivity index (χ1v) is 44.4. The molecule has 13 rings (SSSR count). The molecule has 0 bridgehead atoms. The summed E-state index contributed by atoms with van der Waals surface area (Å²) in [6.07, 6.45) is 8.71. The van der Waals surface area contributed by atoms with Crippen LogP contribution < -0.4 is 38.7 Å². The Balaban J connectivity index is 0.000000485. The van der Waals surface area contributed by atoms with Crippen LogP contribution in [-0.4, -0.2) is 62.1 Å². The molecule has 4 aliphatic rings. The number of allylic oxidation sites excluding steroid dienone is 11. The van der Waals surface area contributed by atoms with Crippen molar-refractivity contribution >= 4 is 179 Å². The van der Waals surface area contributed by atoms with Gasteiger partial charge in [0.15, 0.2) is 22.9 Å². The Bertz CT molecular complexity index is 6760. The molecule has 122 heavy (non-hydrogen) atoms. The van der Waals surface area contributed by atoms with Crippen molar-refractivity contribution in [1.29, 1.82) is 31.6 Å². The van der Waals surface area contributed by atoms with Crippen LogP contribution in [0.25, 0.3) is 97.6 Å². The van der Waals surface area contributed by atoms with E-state index >= 15 is 0 Å². The molecule has 624 valence electrons. The fraction of sp³-hybridized carbons (Fsp3) is 0.245. The van der Waals surface area contributed by atoms with Gasteiger partial charge in [-0.1, -0.05) is 216 Å². The number of thiazole rings is 3. The molecule has 0 saturated carbocycles. The Labute approximate surface area is 739 Å². The Morgan fingerprint density at radius 2 is 0.951 bits per heavy atom. The zero-order chi connectivity index (χ0) is 92.7. The van der Waals surface area contributed by atoms with Crippen molar-refractivity contribution in [3.05, 3.63) is 276 Å². The number of rotatable bonds is 2. The summed E-state index contributed by atoms with van der Waals surface area (Å²) in [6, 6.07) is 44.4. The van der Waals surface area contributed by atoms with Crippen LogP contribution in [0.4, 0.5) is 0 Å². The first-order valence-electron chi connectivity index (χ1n) is 38.4. The normalized spacial score (nSPS) is 15.2.